The molecule has 0 aromatic rings. The van der Waals surface area contributed by atoms with Gasteiger partial charge in [0.05, 0.1) is 29.8 Å². The Morgan fingerprint density at radius 1 is 0.579 bits per heavy atom. The molecule has 0 amide bonds. The first-order valence-electron chi connectivity index (χ1n) is 17.9. The molecule has 0 aromatic heterocycles. The van der Waals surface area contributed by atoms with Gasteiger partial charge in [0.2, 0.25) is 0 Å². The van der Waals surface area contributed by atoms with Gasteiger partial charge in [-0.25, -0.2) is 0 Å². The van der Waals surface area contributed by atoms with Gasteiger partial charge in [0.25, 0.3) is 5.95 Å². The van der Waals surface area contributed by atoms with E-state index >= 15 is 0 Å². The van der Waals surface area contributed by atoms with Crippen LogP contribution in [0.4, 0.5) is 0 Å². The maximum absolute atomic E-state index is 9.29. The molecule has 0 spiro atoms. The van der Waals surface area contributed by atoms with E-state index in [1.807, 2.05) is 41.5 Å². The number of ketones is 2. The van der Waals surface area contributed by atoms with Crippen molar-refractivity contribution >= 4 is 23.5 Å². The molecule has 0 radical (unpaired) electrons. The summed E-state index contributed by atoms with van der Waals surface area (Å²) in [6.45, 7) is 30.4. The Balaban J connectivity index is -0.0000000825. The molecule has 0 unspecified atom stereocenters. The summed E-state index contributed by atoms with van der Waals surface area (Å²) in [5.41, 5.74) is 0.418. The third-order valence-electron chi connectivity index (χ3n) is 4.92. The van der Waals surface area contributed by atoms with Crippen LogP contribution in [-0.2, 0) is 57.6 Å². The summed E-state index contributed by atoms with van der Waals surface area (Å²) in [4.78, 5) is 36.2. The van der Waals surface area contributed by atoms with E-state index in [2.05, 4.69) is 14.2 Å². The number of hydrogen-bond acceptors (Lipinski definition) is 11. The maximum Gasteiger partial charge on any atom is 0.517 e. The minimum absolute atomic E-state index is 0. The average Bonchev–Trinajstić information content (AvgIpc) is 3.59. The zero-order chi connectivity index (χ0) is 45.4. The van der Waals surface area contributed by atoms with Crippen molar-refractivity contribution in [1.82, 2.24) is 0 Å². The van der Waals surface area contributed by atoms with Crippen molar-refractivity contribution in [3.63, 3.8) is 0 Å². The van der Waals surface area contributed by atoms with Gasteiger partial charge in [0.1, 0.15) is 28.7 Å². The summed E-state index contributed by atoms with van der Waals surface area (Å²) in [6, 6.07) is 0. The van der Waals surface area contributed by atoms with Crippen LogP contribution >= 0.6 is 0 Å². The SMILES string of the molecule is CC(C)O.CC(C)O.CC(C)O.CC(C)O.CC(O)=C1CCOC1=[OH+].CC(O)=C1CCOC1=[OH+].CC(O)=CC(=[OH+])C(C)(C)C.COC(O)=CC(=[OH+])C(C)(C)C.[Ti].[Ti]. The first-order valence-corrected chi connectivity index (χ1v) is 17.9. The van der Waals surface area contributed by atoms with E-state index in [0.29, 0.717) is 37.2 Å². The molecule has 0 aliphatic carbocycles. The van der Waals surface area contributed by atoms with Crippen LogP contribution in [0.1, 0.15) is 131 Å². The molecule has 2 aliphatic rings. The van der Waals surface area contributed by atoms with Gasteiger partial charge in [0.15, 0.2) is 13.2 Å². The van der Waals surface area contributed by atoms with Gasteiger partial charge in [-0.15, -0.1) is 0 Å². The van der Waals surface area contributed by atoms with Gasteiger partial charge in [-0.05, 0) is 118 Å². The number of allylic oxidation sites excluding steroid dienone is 5. The van der Waals surface area contributed by atoms with Gasteiger partial charge in [-0.3, -0.25) is 9.59 Å². The second-order valence-corrected chi connectivity index (χ2v) is 15.1. The van der Waals surface area contributed by atoms with Crippen molar-refractivity contribution in [2.75, 3.05) is 20.3 Å². The van der Waals surface area contributed by atoms with E-state index in [-0.39, 0.29) is 125 Å². The van der Waals surface area contributed by atoms with Crippen LogP contribution in [0.2, 0.25) is 0 Å². The minimum atomic E-state index is -0.355. The van der Waals surface area contributed by atoms with Crippen LogP contribution in [-0.4, -0.2) is 128 Å². The number of ether oxygens (including phenoxy) is 3. The second-order valence-electron chi connectivity index (χ2n) is 15.1. The number of carbonyl (C=O) groups excluding carboxylic acids is 4. The molecule has 0 atom stereocenters. The predicted octanol–water partition coefficient (Wildman–Crippen LogP) is 6.69. The molecule has 12 N–H and O–H groups in total. The molecule has 2 rings (SSSR count). The first kappa shape index (κ1) is 72.2. The molecule has 17 heteroatoms. The summed E-state index contributed by atoms with van der Waals surface area (Å²) in [7, 11) is 1.34. The van der Waals surface area contributed by atoms with Crippen molar-refractivity contribution in [3.8, 4) is 0 Å². The third kappa shape index (κ3) is 62.9. The van der Waals surface area contributed by atoms with Gasteiger partial charge in [-0.1, -0.05) is 0 Å². The molecule has 2 heterocycles. The Morgan fingerprint density at radius 3 is 0.912 bits per heavy atom. The van der Waals surface area contributed by atoms with Crippen LogP contribution in [0, 0.1) is 10.8 Å². The van der Waals surface area contributed by atoms with E-state index in [0.717, 1.165) is 0 Å². The van der Waals surface area contributed by atoms with Crippen molar-refractivity contribution in [3.05, 3.63) is 46.5 Å². The monoisotopic (exact) mass is 896 g/mol. The van der Waals surface area contributed by atoms with E-state index in [1.165, 1.54) is 40.0 Å². The van der Waals surface area contributed by atoms with Crippen LogP contribution in [0.3, 0.4) is 0 Å². The summed E-state index contributed by atoms with van der Waals surface area (Å²) < 4.78 is 13.8. The van der Waals surface area contributed by atoms with Gasteiger partial charge < -0.3 is 64.7 Å². The van der Waals surface area contributed by atoms with Crippen LogP contribution in [0.15, 0.2) is 46.5 Å². The molecule has 2 fully saturated rings. The Bertz CT molecular complexity index is 1120. The normalized spacial score (nSPS) is 14.9. The van der Waals surface area contributed by atoms with E-state index in [9.17, 15) is 9.59 Å². The topological polar surface area (TPSA) is 275 Å². The van der Waals surface area contributed by atoms with Crippen molar-refractivity contribution < 1.29 is 118 Å². The fourth-order valence-electron chi connectivity index (χ4n) is 2.37. The van der Waals surface area contributed by atoms with E-state index < -0.39 is 0 Å². The van der Waals surface area contributed by atoms with Crippen molar-refractivity contribution in [2.24, 2.45) is 10.8 Å². The van der Waals surface area contributed by atoms with Crippen LogP contribution < -0.4 is 0 Å². The number of hydrogen-bond donors (Lipinski definition) is 8. The molecular formula is C40H80O15Ti2+4. The van der Waals surface area contributed by atoms with Crippen LogP contribution in [0.5, 0.6) is 0 Å². The van der Waals surface area contributed by atoms with Crippen molar-refractivity contribution in [2.45, 2.75) is 155 Å². The van der Waals surface area contributed by atoms with Crippen molar-refractivity contribution in [1.29, 1.82) is 0 Å². The van der Waals surface area contributed by atoms with E-state index in [4.69, 9.17) is 50.4 Å². The molecule has 2 saturated heterocycles. The Hall–Kier alpha value is -2.49. The largest absolute Gasteiger partial charge is 0.517 e. The fourth-order valence-corrected chi connectivity index (χ4v) is 2.37. The third-order valence-corrected chi connectivity index (χ3v) is 4.92. The fraction of sp³-hybridized carbons (Fsp3) is 0.700. The molecule has 15 nitrogen and oxygen atoms in total. The van der Waals surface area contributed by atoms with Crippen LogP contribution in [0.25, 0.3) is 0 Å². The predicted molar refractivity (Wildman–Crippen MR) is 222 cm³/mol. The average molecular weight is 897 g/mol. The Kier molecular flexibility index (Phi) is 51.0. The zero-order valence-electron chi connectivity index (χ0n) is 37.9. The summed E-state index contributed by atoms with van der Waals surface area (Å²) in [6.07, 6.45) is 3.10. The Morgan fingerprint density at radius 2 is 0.807 bits per heavy atom. The second kappa shape index (κ2) is 40.3. The number of methoxy groups -OCH3 is 1. The molecular weight excluding hydrogens is 816 g/mol. The smallest absolute Gasteiger partial charge is 0.512 e. The summed E-state index contributed by atoms with van der Waals surface area (Å²) in [5, 5.41) is 67.5. The molecule has 2 aliphatic heterocycles. The number of aliphatic hydroxyl groups excluding tert-OH is 8. The number of esters is 2. The quantitative estimate of drug-likeness (QED) is 0.0486. The molecule has 0 bridgehead atoms. The maximum atomic E-state index is 9.29. The van der Waals surface area contributed by atoms with Gasteiger partial charge >= 0.3 is 23.5 Å². The number of aliphatic hydroxyl groups is 8. The number of rotatable bonds is 3. The Labute approximate surface area is 372 Å². The zero-order valence-corrected chi connectivity index (χ0v) is 41.0. The molecule has 0 aromatic carbocycles. The minimum Gasteiger partial charge on any atom is -0.512 e. The number of cyclic esters (lactones) is 2. The van der Waals surface area contributed by atoms with Gasteiger partial charge in [-0.2, -0.15) is 0 Å². The molecule has 57 heavy (non-hydrogen) atoms. The summed E-state index contributed by atoms with van der Waals surface area (Å²) in [5.74, 6) is 0.175. The standard InChI is InChI=1S/C8H14O3.C8H14O2.2C6H8O3.4C3H8O.2Ti/c1-8(2,3)6(9)5-7(10)11-4;1-6(9)5-7(10)8(2,3)4;2*1-4(7)5-2-3-9-6(5)8;4*1-3(2)4;;/h5,10H,1-4H3;5,9H,1-4H3;2*7H,2-3H2,1H3;4*3-4H,1-2H3;;/p+4. The van der Waals surface area contributed by atoms with Gasteiger partial charge in [0, 0.05) is 80.7 Å². The molecule has 334 valence electrons. The summed E-state index contributed by atoms with van der Waals surface area (Å²) >= 11 is 0. The first-order chi connectivity index (χ1) is 24.6. The molecule has 0 saturated carbocycles. The van der Waals surface area contributed by atoms with E-state index in [1.54, 1.807) is 55.4 Å².